The van der Waals surface area contributed by atoms with Gasteiger partial charge in [0.05, 0.1) is 13.7 Å². The van der Waals surface area contributed by atoms with E-state index >= 15 is 0 Å². The summed E-state index contributed by atoms with van der Waals surface area (Å²) in [5, 5.41) is 0. The van der Waals surface area contributed by atoms with Gasteiger partial charge in [0.2, 0.25) is 0 Å². The third-order valence-corrected chi connectivity index (χ3v) is 4.02. The highest BCUT2D eigenvalue weighted by molar-refractivity contribution is 5.94. The van der Waals surface area contributed by atoms with Crippen molar-refractivity contribution >= 4 is 5.91 Å². The molecule has 1 aliphatic heterocycles. The Kier molecular flexibility index (Phi) is 5.63. The molecule has 2 aromatic carbocycles. The Hall–Kier alpha value is -3.03. The predicted molar refractivity (Wildman–Crippen MR) is 92.9 cm³/mol. The maximum absolute atomic E-state index is 12.7. The van der Waals surface area contributed by atoms with Gasteiger partial charge in [-0.25, -0.2) is 0 Å². The maximum Gasteiger partial charge on any atom is 0.387 e. The van der Waals surface area contributed by atoms with Gasteiger partial charge in [-0.1, -0.05) is 12.1 Å². The largest absolute Gasteiger partial charge is 0.493 e. The summed E-state index contributed by atoms with van der Waals surface area (Å²) >= 11 is 0. The molecule has 6 nitrogen and oxygen atoms in total. The summed E-state index contributed by atoms with van der Waals surface area (Å²) in [5.41, 5.74) is 0.285. The van der Waals surface area contributed by atoms with Crippen LogP contribution in [0.25, 0.3) is 0 Å². The van der Waals surface area contributed by atoms with E-state index in [-0.39, 0.29) is 29.1 Å². The van der Waals surface area contributed by atoms with Gasteiger partial charge in [-0.15, -0.1) is 0 Å². The van der Waals surface area contributed by atoms with Gasteiger partial charge in [-0.2, -0.15) is 8.78 Å². The number of benzene rings is 2. The lowest BCUT2D eigenvalue weighted by Crippen LogP contribution is -2.41. The molecule has 1 atom stereocenters. The Morgan fingerprint density at radius 3 is 2.67 bits per heavy atom. The second-order valence-electron chi connectivity index (χ2n) is 5.93. The molecule has 0 N–H and O–H groups in total. The molecule has 0 fully saturated rings. The number of ether oxygens (including phenoxy) is 4. The summed E-state index contributed by atoms with van der Waals surface area (Å²) in [6.45, 7) is -2.36. The Balaban J connectivity index is 1.67. The molecule has 0 spiro atoms. The molecule has 2 aromatic rings. The van der Waals surface area contributed by atoms with Gasteiger partial charge < -0.3 is 23.8 Å². The summed E-state index contributed by atoms with van der Waals surface area (Å²) in [7, 11) is 2.94. The van der Waals surface area contributed by atoms with Crippen molar-refractivity contribution in [2.75, 3.05) is 27.3 Å². The van der Waals surface area contributed by atoms with Crippen LogP contribution in [0.1, 0.15) is 10.4 Å². The van der Waals surface area contributed by atoms with Gasteiger partial charge >= 0.3 is 6.61 Å². The molecule has 144 valence electrons. The molecule has 0 saturated carbocycles. The molecule has 0 aliphatic carbocycles. The lowest BCUT2D eigenvalue weighted by atomic mass is 10.1. The quantitative estimate of drug-likeness (QED) is 0.772. The van der Waals surface area contributed by atoms with E-state index in [1.165, 1.54) is 30.2 Å². The number of hydrogen-bond donors (Lipinski definition) is 0. The van der Waals surface area contributed by atoms with Gasteiger partial charge in [-0.3, -0.25) is 4.79 Å². The average molecular weight is 379 g/mol. The highest BCUT2D eigenvalue weighted by atomic mass is 19.3. The number of likely N-dealkylation sites (N-methyl/N-ethyl adjacent to an activating group) is 1. The van der Waals surface area contributed by atoms with E-state index in [1.807, 2.05) is 18.2 Å². The van der Waals surface area contributed by atoms with E-state index in [9.17, 15) is 13.6 Å². The molecule has 1 amide bonds. The van der Waals surface area contributed by atoms with E-state index < -0.39 is 6.61 Å². The third kappa shape index (κ3) is 4.39. The van der Waals surface area contributed by atoms with Gasteiger partial charge in [0.25, 0.3) is 5.91 Å². The van der Waals surface area contributed by atoms with Gasteiger partial charge in [0, 0.05) is 12.6 Å². The smallest absolute Gasteiger partial charge is 0.387 e. The van der Waals surface area contributed by atoms with E-state index in [0.29, 0.717) is 24.7 Å². The van der Waals surface area contributed by atoms with Crippen molar-refractivity contribution in [2.24, 2.45) is 0 Å². The fourth-order valence-corrected chi connectivity index (χ4v) is 2.76. The van der Waals surface area contributed by atoms with Gasteiger partial charge in [0.1, 0.15) is 6.61 Å². The molecule has 0 aromatic heterocycles. The number of rotatable bonds is 6. The van der Waals surface area contributed by atoms with E-state index in [2.05, 4.69) is 4.74 Å². The van der Waals surface area contributed by atoms with Crippen LogP contribution in [0.5, 0.6) is 23.0 Å². The Morgan fingerprint density at radius 2 is 1.96 bits per heavy atom. The fourth-order valence-electron chi connectivity index (χ4n) is 2.76. The Morgan fingerprint density at radius 1 is 1.22 bits per heavy atom. The minimum atomic E-state index is -2.98. The normalized spacial score (nSPS) is 15.4. The van der Waals surface area contributed by atoms with Gasteiger partial charge in [-0.05, 0) is 30.3 Å². The van der Waals surface area contributed by atoms with Crippen molar-refractivity contribution < 1.29 is 32.5 Å². The number of fused-ring (bicyclic) bond motifs is 1. The summed E-state index contributed by atoms with van der Waals surface area (Å²) in [5.74, 6) is 0.916. The topological polar surface area (TPSA) is 57.2 Å². The van der Waals surface area contributed by atoms with Crippen LogP contribution >= 0.6 is 0 Å². The minimum Gasteiger partial charge on any atom is -0.493 e. The molecule has 1 aliphatic rings. The monoisotopic (exact) mass is 379 g/mol. The van der Waals surface area contributed by atoms with Crippen molar-refractivity contribution in [3.63, 3.8) is 0 Å². The molecule has 0 radical (unpaired) electrons. The van der Waals surface area contributed by atoms with E-state index in [4.69, 9.17) is 14.2 Å². The molecule has 0 bridgehead atoms. The number of methoxy groups -OCH3 is 1. The Labute approximate surface area is 155 Å². The van der Waals surface area contributed by atoms with Crippen molar-refractivity contribution in [1.29, 1.82) is 0 Å². The standard InChI is InChI=1S/C19H19F2NO5/c1-22(10-13-11-25-14-5-3-4-6-15(14)26-13)18(23)12-7-8-16(27-19(20)21)17(9-12)24-2/h3-9,13,19H,10-11H2,1-2H3/t13-/m0/s1. The van der Waals surface area contributed by atoms with Gasteiger partial charge in [0.15, 0.2) is 29.1 Å². The summed E-state index contributed by atoms with van der Waals surface area (Å²) in [4.78, 5) is 14.1. The van der Waals surface area contributed by atoms with Crippen LogP contribution in [-0.2, 0) is 0 Å². The zero-order valence-electron chi connectivity index (χ0n) is 14.9. The first-order valence-electron chi connectivity index (χ1n) is 8.24. The second kappa shape index (κ2) is 8.11. The zero-order chi connectivity index (χ0) is 19.4. The number of carbonyl (C=O) groups excluding carboxylic acids is 1. The summed E-state index contributed by atoms with van der Waals surface area (Å²) in [6, 6.07) is 11.4. The average Bonchev–Trinajstić information content (AvgIpc) is 2.67. The van der Waals surface area contributed by atoms with Crippen LogP contribution in [0, 0.1) is 0 Å². The first kappa shape index (κ1) is 18.8. The molecular weight excluding hydrogens is 360 g/mol. The number of amides is 1. The third-order valence-electron chi connectivity index (χ3n) is 4.02. The van der Waals surface area contributed by atoms with Crippen molar-refractivity contribution in [1.82, 2.24) is 4.90 Å². The molecule has 3 rings (SSSR count). The molecule has 27 heavy (non-hydrogen) atoms. The van der Waals surface area contributed by atoms with Crippen LogP contribution in [0.4, 0.5) is 8.78 Å². The first-order valence-corrected chi connectivity index (χ1v) is 8.24. The number of carbonyl (C=O) groups is 1. The molecular formula is C19H19F2NO5. The Bertz CT molecular complexity index is 814. The number of alkyl halides is 2. The van der Waals surface area contributed by atoms with Crippen LogP contribution in [0.15, 0.2) is 42.5 Å². The molecule has 0 unspecified atom stereocenters. The number of hydrogen-bond acceptors (Lipinski definition) is 5. The van der Waals surface area contributed by atoms with E-state index in [0.717, 1.165) is 0 Å². The number of nitrogens with zero attached hydrogens (tertiary/aromatic N) is 1. The van der Waals surface area contributed by atoms with Crippen LogP contribution in [-0.4, -0.2) is 50.8 Å². The first-order chi connectivity index (χ1) is 13.0. The zero-order valence-corrected chi connectivity index (χ0v) is 14.9. The molecule has 1 heterocycles. The van der Waals surface area contributed by atoms with Crippen molar-refractivity contribution in [2.45, 2.75) is 12.7 Å². The second-order valence-corrected chi connectivity index (χ2v) is 5.93. The van der Waals surface area contributed by atoms with Crippen molar-refractivity contribution in [3.8, 4) is 23.0 Å². The predicted octanol–water partition coefficient (Wildman–Crippen LogP) is 3.21. The summed E-state index contributed by atoms with van der Waals surface area (Å²) in [6.07, 6.45) is -0.322. The van der Waals surface area contributed by atoms with Crippen molar-refractivity contribution in [3.05, 3.63) is 48.0 Å². The van der Waals surface area contributed by atoms with Crippen LogP contribution in [0.2, 0.25) is 0 Å². The SMILES string of the molecule is COc1cc(C(=O)N(C)C[C@H]2COc3ccccc3O2)ccc1OC(F)F. The minimum absolute atomic E-state index is 0.0562. The molecule has 0 saturated heterocycles. The number of para-hydroxylation sites is 2. The summed E-state index contributed by atoms with van der Waals surface area (Å²) < 4.78 is 45.7. The number of halogens is 2. The highest BCUT2D eigenvalue weighted by Crippen LogP contribution is 2.32. The lowest BCUT2D eigenvalue weighted by molar-refractivity contribution is -0.0512. The van der Waals surface area contributed by atoms with Crippen LogP contribution < -0.4 is 18.9 Å². The van der Waals surface area contributed by atoms with Crippen LogP contribution in [0.3, 0.4) is 0 Å². The fraction of sp³-hybridized carbons (Fsp3) is 0.316. The lowest BCUT2D eigenvalue weighted by Gasteiger charge is -2.29. The molecule has 8 heteroatoms. The van der Waals surface area contributed by atoms with E-state index in [1.54, 1.807) is 13.1 Å². The highest BCUT2D eigenvalue weighted by Gasteiger charge is 2.24. The maximum atomic E-state index is 12.7.